The van der Waals surface area contributed by atoms with Gasteiger partial charge in [-0.05, 0) is 30.3 Å². The monoisotopic (exact) mass is 434 g/mol. The summed E-state index contributed by atoms with van der Waals surface area (Å²) >= 11 is 1.22. The Morgan fingerprint density at radius 2 is 2.00 bits per heavy atom. The third kappa shape index (κ3) is 4.51. The molecule has 0 aliphatic heterocycles. The van der Waals surface area contributed by atoms with Gasteiger partial charge in [-0.25, -0.2) is 4.79 Å². The summed E-state index contributed by atoms with van der Waals surface area (Å²) in [6, 6.07) is 15.6. The molecule has 0 atom stereocenters. The van der Waals surface area contributed by atoms with E-state index >= 15 is 0 Å². The smallest absolute Gasteiger partial charge is 0.335 e. The van der Waals surface area contributed by atoms with Gasteiger partial charge < -0.3 is 14.8 Å². The van der Waals surface area contributed by atoms with Gasteiger partial charge in [0, 0.05) is 17.6 Å². The second-order valence-electron chi connectivity index (χ2n) is 6.58. The van der Waals surface area contributed by atoms with Gasteiger partial charge in [0.25, 0.3) is 0 Å². The van der Waals surface area contributed by atoms with Crippen LogP contribution < -0.4 is 5.32 Å². The first-order chi connectivity index (χ1) is 15.0. The fourth-order valence-corrected chi connectivity index (χ4v) is 3.77. The van der Waals surface area contributed by atoms with Crippen LogP contribution in [-0.4, -0.2) is 37.5 Å². The largest absolute Gasteiger partial charge is 0.478 e. The van der Waals surface area contributed by atoms with Crippen molar-refractivity contribution in [1.29, 1.82) is 0 Å². The summed E-state index contributed by atoms with van der Waals surface area (Å²) in [5.41, 5.74) is 1.27. The van der Waals surface area contributed by atoms with E-state index in [0.29, 0.717) is 29.0 Å². The summed E-state index contributed by atoms with van der Waals surface area (Å²) in [5, 5.41) is 21.7. The number of carbonyl (C=O) groups excluding carboxylic acids is 1. The number of hydrogen-bond donors (Lipinski definition) is 2. The molecule has 0 radical (unpaired) electrons. The molecule has 2 aromatic carbocycles. The van der Waals surface area contributed by atoms with E-state index in [1.165, 1.54) is 23.9 Å². The number of fused-ring (bicyclic) bond motifs is 1. The van der Waals surface area contributed by atoms with Crippen molar-refractivity contribution in [2.75, 3.05) is 11.1 Å². The number of nitrogens with zero attached hydrogens (tertiary/aromatic N) is 3. The summed E-state index contributed by atoms with van der Waals surface area (Å²) < 4.78 is 7.72. The van der Waals surface area contributed by atoms with Crippen molar-refractivity contribution in [3.63, 3.8) is 0 Å². The van der Waals surface area contributed by atoms with E-state index in [0.717, 1.165) is 11.0 Å². The highest BCUT2D eigenvalue weighted by atomic mass is 32.2. The molecule has 2 N–H and O–H groups in total. The van der Waals surface area contributed by atoms with Gasteiger partial charge in [-0.1, -0.05) is 42.1 Å². The van der Waals surface area contributed by atoms with Crippen LogP contribution in [0.5, 0.6) is 0 Å². The number of nitrogens with one attached hydrogen (secondary N) is 1. The third-order valence-corrected chi connectivity index (χ3v) is 5.37. The lowest BCUT2D eigenvalue weighted by Gasteiger charge is -2.07. The number of hydrogen-bond acceptors (Lipinski definition) is 6. The minimum absolute atomic E-state index is 0.0761. The Balaban J connectivity index is 1.49. The molecule has 0 unspecified atom stereocenters. The van der Waals surface area contributed by atoms with E-state index in [1.54, 1.807) is 18.2 Å². The van der Waals surface area contributed by atoms with Gasteiger partial charge in [-0.2, -0.15) is 0 Å². The van der Waals surface area contributed by atoms with E-state index in [2.05, 4.69) is 22.1 Å². The van der Waals surface area contributed by atoms with Crippen molar-refractivity contribution < 1.29 is 19.1 Å². The van der Waals surface area contributed by atoms with Gasteiger partial charge >= 0.3 is 5.97 Å². The van der Waals surface area contributed by atoms with Gasteiger partial charge in [0.15, 0.2) is 10.9 Å². The normalized spacial score (nSPS) is 10.8. The first-order valence-corrected chi connectivity index (χ1v) is 10.3. The second kappa shape index (κ2) is 8.88. The number of anilines is 1. The predicted molar refractivity (Wildman–Crippen MR) is 118 cm³/mol. The Bertz CT molecular complexity index is 1240. The molecule has 2 heterocycles. The van der Waals surface area contributed by atoms with Gasteiger partial charge in [-0.3, -0.25) is 9.36 Å². The summed E-state index contributed by atoms with van der Waals surface area (Å²) in [7, 11) is 0. The van der Waals surface area contributed by atoms with Crippen molar-refractivity contribution in [2.45, 2.75) is 11.7 Å². The van der Waals surface area contributed by atoms with Crippen molar-refractivity contribution in [1.82, 2.24) is 14.8 Å². The number of amides is 1. The first-order valence-electron chi connectivity index (χ1n) is 9.34. The number of rotatable bonds is 8. The van der Waals surface area contributed by atoms with Crippen LogP contribution in [0.15, 0.2) is 76.8 Å². The first kappa shape index (κ1) is 20.4. The average molecular weight is 434 g/mol. The van der Waals surface area contributed by atoms with Crippen LogP contribution in [0, 0.1) is 0 Å². The molecule has 4 aromatic rings. The maximum Gasteiger partial charge on any atom is 0.335 e. The van der Waals surface area contributed by atoms with Gasteiger partial charge in [0.05, 0.1) is 11.3 Å². The summed E-state index contributed by atoms with van der Waals surface area (Å²) in [6.07, 6.45) is 1.72. The van der Waals surface area contributed by atoms with Gasteiger partial charge in [0.1, 0.15) is 5.58 Å². The highest BCUT2D eigenvalue weighted by Crippen LogP contribution is 2.29. The SMILES string of the molecule is C=CCn1c(SCC(=O)Nc2cccc(C(=O)O)c2)nnc1-c1cc2ccccc2o1. The molecule has 0 spiro atoms. The molecule has 4 rings (SSSR count). The van der Waals surface area contributed by atoms with Crippen LogP contribution >= 0.6 is 11.8 Å². The van der Waals surface area contributed by atoms with E-state index in [9.17, 15) is 9.59 Å². The number of furan rings is 1. The van der Waals surface area contributed by atoms with E-state index in [1.807, 2.05) is 34.9 Å². The standard InChI is InChI=1S/C22H18N4O4S/c1-2-10-26-20(18-12-14-6-3-4-9-17(14)30-18)24-25-22(26)31-13-19(27)23-16-8-5-7-15(11-16)21(28)29/h2-9,11-12H,1,10,13H2,(H,23,27)(H,28,29). The van der Waals surface area contributed by atoms with Gasteiger partial charge in [-0.15, -0.1) is 16.8 Å². The molecule has 156 valence electrons. The predicted octanol–water partition coefficient (Wildman–Crippen LogP) is 4.31. The van der Waals surface area contributed by atoms with Crippen molar-refractivity contribution >= 4 is 40.3 Å². The Morgan fingerprint density at radius 1 is 1.16 bits per heavy atom. The average Bonchev–Trinajstić information content (AvgIpc) is 3.36. The zero-order chi connectivity index (χ0) is 21.8. The quantitative estimate of drug-likeness (QED) is 0.314. The highest BCUT2D eigenvalue weighted by molar-refractivity contribution is 7.99. The van der Waals surface area contributed by atoms with Crippen LogP contribution in [0.4, 0.5) is 5.69 Å². The maximum atomic E-state index is 12.4. The molecule has 31 heavy (non-hydrogen) atoms. The van der Waals surface area contributed by atoms with Crippen molar-refractivity contribution in [3.8, 4) is 11.6 Å². The third-order valence-electron chi connectivity index (χ3n) is 4.40. The second-order valence-corrected chi connectivity index (χ2v) is 7.52. The lowest BCUT2D eigenvalue weighted by atomic mass is 10.2. The van der Waals surface area contributed by atoms with Crippen LogP contribution in [-0.2, 0) is 11.3 Å². The summed E-state index contributed by atoms with van der Waals surface area (Å²) in [4.78, 5) is 23.4. The summed E-state index contributed by atoms with van der Waals surface area (Å²) in [5.74, 6) is -0.134. The Hall–Kier alpha value is -3.85. The molecule has 2 aromatic heterocycles. The maximum absolute atomic E-state index is 12.4. The molecule has 0 aliphatic carbocycles. The molecule has 0 aliphatic rings. The Morgan fingerprint density at radius 3 is 2.77 bits per heavy atom. The number of thioether (sulfide) groups is 1. The molecular weight excluding hydrogens is 416 g/mol. The number of benzene rings is 2. The Labute approximate surface area is 181 Å². The van der Waals surface area contributed by atoms with Crippen LogP contribution in [0.2, 0.25) is 0 Å². The fourth-order valence-electron chi connectivity index (χ4n) is 3.02. The minimum Gasteiger partial charge on any atom is -0.478 e. The molecule has 0 bridgehead atoms. The molecule has 9 heteroatoms. The van der Waals surface area contributed by atoms with Crippen LogP contribution in [0.25, 0.3) is 22.6 Å². The van der Waals surface area contributed by atoms with E-state index in [-0.39, 0.29) is 17.2 Å². The number of para-hydroxylation sites is 1. The molecule has 1 amide bonds. The fraction of sp³-hybridized carbons (Fsp3) is 0.0909. The van der Waals surface area contributed by atoms with Gasteiger partial charge in [0.2, 0.25) is 11.7 Å². The molecule has 8 nitrogen and oxygen atoms in total. The van der Waals surface area contributed by atoms with E-state index in [4.69, 9.17) is 9.52 Å². The van der Waals surface area contributed by atoms with Crippen LogP contribution in [0.1, 0.15) is 10.4 Å². The number of aromatic nitrogens is 3. The topological polar surface area (TPSA) is 110 Å². The number of carbonyl (C=O) groups is 2. The van der Waals surface area contributed by atoms with Crippen molar-refractivity contribution in [3.05, 3.63) is 72.8 Å². The minimum atomic E-state index is -1.05. The zero-order valence-electron chi connectivity index (χ0n) is 16.3. The number of aromatic carboxylic acids is 1. The Kier molecular flexibility index (Phi) is 5.85. The van der Waals surface area contributed by atoms with Crippen molar-refractivity contribution in [2.24, 2.45) is 0 Å². The number of carboxylic acid groups (broad SMARTS) is 1. The number of carboxylic acids is 1. The number of allylic oxidation sites excluding steroid dienone is 1. The lowest BCUT2D eigenvalue weighted by Crippen LogP contribution is -2.15. The highest BCUT2D eigenvalue weighted by Gasteiger charge is 2.18. The van der Waals surface area contributed by atoms with Crippen LogP contribution in [0.3, 0.4) is 0 Å². The zero-order valence-corrected chi connectivity index (χ0v) is 17.1. The summed E-state index contributed by atoms with van der Waals surface area (Å²) in [6.45, 7) is 4.23. The molecule has 0 fully saturated rings. The molecular formula is C22H18N4O4S. The lowest BCUT2D eigenvalue weighted by molar-refractivity contribution is -0.113. The molecule has 0 saturated carbocycles. The van der Waals surface area contributed by atoms with E-state index < -0.39 is 5.97 Å². The molecule has 0 saturated heterocycles.